The molecular formula is C14H19ClN2. The van der Waals surface area contributed by atoms with Gasteiger partial charge in [-0.15, -0.1) is 0 Å². The molecule has 1 spiro atoms. The molecule has 1 saturated carbocycles. The zero-order chi connectivity index (χ0) is 11.9. The van der Waals surface area contributed by atoms with E-state index in [1.807, 2.05) is 12.1 Å². The van der Waals surface area contributed by atoms with Crippen molar-refractivity contribution in [3.63, 3.8) is 0 Å². The highest BCUT2D eigenvalue weighted by molar-refractivity contribution is 6.33. The Morgan fingerprint density at radius 1 is 1.35 bits per heavy atom. The average Bonchev–Trinajstić information content (AvgIpc) is 3.09. The maximum Gasteiger partial charge on any atom is 0.0639 e. The summed E-state index contributed by atoms with van der Waals surface area (Å²) in [6.07, 6.45) is 2.71. The van der Waals surface area contributed by atoms with Gasteiger partial charge in [0.1, 0.15) is 0 Å². The van der Waals surface area contributed by atoms with Crippen LogP contribution in [-0.2, 0) is 0 Å². The largest absolute Gasteiger partial charge is 0.366 e. The normalized spacial score (nSPS) is 26.9. The molecule has 0 radical (unpaired) electrons. The Morgan fingerprint density at radius 2 is 2.12 bits per heavy atom. The molecule has 92 valence electrons. The topological polar surface area (TPSA) is 15.3 Å². The molecule has 1 aliphatic heterocycles. The first-order valence-electron chi connectivity index (χ1n) is 6.42. The Balaban J connectivity index is 1.91. The molecule has 1 N–H and O–H groups in total. The van der Waals surface area contributed by atoms with E-state index in [0.717, 1.165) is 24.7 Å². The van der Waals surface area contributed by atoms with Gasteiger partial charge in [-0.1, -0.05) is 23.7 Å². The zero-order valence-corrected chi connectivity index (χ0v) is 11.0. The molecule has 3 rings (SSSR count). The first-order valence-corrected chi connectivity index (χ1v) is 6.80. The molecule has 2 fully saturated rings. The van der Waals surface area contributed by atoms with Crippen LogP contribution < -0.4 is 10.2 Å². The SMILES string of the molecule is CC1CNCC2(CC2)CN1c1ccccc1Cl. The monoisotopic (exact) mass is 250 g/mol. The summed E-state index contributed by atoms with van der Waals surface area (Å²) in [5.74, 6) is 0. The van der Waals surface area contributed by atoms with Crippen molar-refractivity contribution in [2.75, 3.05) is 24.5 Å². The van der Waals surface area contributed by atoms with Crippen LogP contribution in [-0.4, -0.2) is 25.7 Å². The fourth-order valence-electron chi connectivity index (χ4n) is 2.75. The van der Waals surface area contributed by atoms with Gasteiger partial charge in [-0.25, -0.2) is 0 Å². The molecule has 1 unspecified atom stereocenters. The number of hydrogen-bond donors (Lipinski definition) is 1. The summed E-state index contributed by atoms with van der Waals surface area (Å²) in [6.45, 7) is 5.63. The Hall–Kier alpha value is -0.730. The molecule has 3 heteroatoms. The third-order valence-electron chi connectivity index (χ3n) is 4.10. The summed E-state index contributed by atoms with van der Waals surface area (Å²) in [4.78, 5) is 2.48. The third kappa shape index (κ3) is 2.16. The predicted octanol–water partition coefficient (Wildman–Crippen LogP) is 2.92. The second kappa shape index (κ2) is 4.18. The van der Waals surface area contributed by atoms with Gasteiger partial charge in [-0.3, -0.25) is 0 Å². The number of halogens is 1. The van der Waals surface area contributed by atoms with E-state index in [1.54, 1.807) is 0 Å². The number of para-hydroxylation sites is 1. The molecule has 17 heavy (non-hydrogen) atoms. The summed E-state index contributed by atoms with van der Waals surface area (Å²) in [5.41, 5.74) is 1.71. The summed E-state index contributed by atoms with van der Waals surface area (Å²) in [6, 6.07) is 8.71. The van der Waals surface area contributed by atoms with Crippen molar-refractivity contribution in [3.05, 3.63) is 29.3 Å². The summed E-state index contributed by atoms with van der Waals surface area (Å²) < 4.78 is 0. The Morgan fingerprint density at radius 3 is 2.82 bits per heavy atom. The van der Waals surface area contributed by atoms with Gasteiger partial charge in [-0.05, 0) is 31.9 Å². The Kier molecular flexibility index (Phi) is 2.80. The van der Waals surface area contributed by atoms with Crippen LogP contribution in [0.2, 0.25) is 5.02 Å². The van der Waals surface area contributed by atoms with Crippen molar-refractivity contribution in [2.45, 2.75) is 25.8 Å². The van der Waals surface area contributed by atoms with E-state index in [-0.39, 0.29) is 0 Å². The molecule has 1 aromatic carbocycles. The number of rotatable bonds is 1. The minimum absolute atomic E-state index is 0.509. The van der Waals surface area contributed by atoms with Crippen LogP contribution in [0, 0.1) is 5.41 Å². The molecule has 1 aromatic rings. The second-order valence-corrected chi connectivity index (χ2v) is 5.97. The number of nitrogens with zero attached hydrogens (tertiary/aromatic N) is 1. The minimum Gasteiger partial charge on any atom is -0.366 e. The van der Waals surface area contributed by atoms with E-state index < -0.39 is 0 Å². The Bertz CT molecular complexity index is 414. The van der Waals surface area contributed by atoms with Crippen LogP contribution >= 0.6 is 11.6 Å². The lowest BCUT2D eigenvalue weighted by atomic mass is 10.1. The molecule has 2 aliphatic rings. The smallest absolute Gasteiger partial charge is 0.0639 e. The second-order valence-electron chi connectivity index (χ2n) is 5.56. The molecule has 0 bridgehead atoms. The molecule has 2 nitrogen and oxygen atoms in total. The molecular weight excluding hydrogens is 232 g/mol. The van der Waals surface area contributed by atoms with Crippen molar-refractivity contribution >= 4 is 17.3 Å². The number of anilines is 1. The average molecular weight is 251 g/mol. The lowest BCUT2D eigenvalue weighted by Gasteiger charge is -2.32. The highest BCUT2D eigenvalue weighted by Crippen LogP contribution is 2.47. The maximum absolute atomic E-state index is 6.33. The van der Waals surface area contributed by atoms with E-state index in [1.165, 1.54) is 18.5 Å². The molecule has 1 saturated heterocycles. The van der Waals surface area contributed by atoms with Crippen molar-refractivity contribution < 1.29 is 0 Å². The summed E-state index contributed by atoms with van der Waals surface area (Å²) >= 11 is 6.33. The van der Waals surface area contributed by atoms with Gasteiger partial charge in [0, 0.05) is 31.1 Å². The van der Waals surface area contributed by atoms with Crippen molar-refractivity contribution in [1.29, 1.82) is 0 Å². The summed E-state index contributed by atoms with van der Waals surface area (Å²) in [7, 11) is 0. The van der Waals surface area contributed by atoms with Crippen LogP contribution in [0.5, 0.6) is 0 Å². The Labute approximate surface area is 108 Å². The highest BCUT2D eigenvalue weighted by Gasteiger charge is 2.45. The molecule has 1 aliphatic carbocycles. The maximum atomic E-state index is 6.33. The minimum atomic E-state index is 0.509. The van der Waals surface area contributed by atoms with Crippen LogP contribution in [0.25, 0.3) is 0 Å². The van der Waals surface area contributed by atoms with Gasteiger partial charge in [0.15, 0.2) is 0 Å². The van der Waals surface area contributed by atoms with Crippen LogP contribution in [0.15, 0.2) is 24.3 Å². The lowest BCUT2D eigenvalue weighted by Crippen LogP contribution is -2.38. The fraction of sp³-hybridized carbons (Fsp3) is 0.571. The van der Waals surface area contributed by atoms with E-state index in [2.05, 4.69) is 29.3 Å². The van der Waals surface area contributed by atoms with Crippen molar-refractivity contribution in [3.8, 4) is 0 Å². The van der Waals surface area contributed by atoms with Gasteiger partial charge in [0.2, 0.25) is 0 Å². The third-order valence-corrected chi connectivity index (χ3v) is 4.42. The van der Waals surface area contributed by atoms with Crippen LogP contribution in [0.4, 0.5) is 5.69 Å². The van der Waals surface area contributed by atoms with E-state index >= 15 is 0 Å². The van der Waals surface area contributed by atoms with Gasteiger partial charge >= 0.3 is 0 Å². The lowest BCUT2D eigenvalue weighted by molar-refractivity contribution is 0.500. The number of nitrogens with one attached hydrogen (secondary N) is 1. The van der Waals surface area contributed by atoms with Crippen LogP contribution in [0.1, 0.15) is 19.8 Å². The van der Waals surface area contributed by atoms with Crippen LogP contribution in [0.3, 0.4) is 0 Å². The van der Waals surface area contributed by atoms with Gasteiger partial charge in [0.25, 0.3) is 0 Å². The van der Waals surface area contributed by atoms with Gasteiger partial charge in [0.05, 0.1) is 10.7 Å². The fourth-order valence-corrected chi connectivity index (χ4v) is 2.99. The zero-order valence-electron chi connectivity index (χ0n) is 10.2. The van der Waals surface area contributed by atoms with Crippen molar-refractivity contribution in [1.82, 2.24) is 5.32 Å². The molecule has 1 heterocycles. The van der Waals surface area contributed by atoms with E-state index in [0.29, 0.717) is 11.5 Å². The quantitative estimate of drug-likeness (QED) is 0.825. The molecule has 0 amide bonds. The predicted molar refractivity (Wildman–Crippen MR) is 72.8 cm³/mol. The van der Waals surface area contributed by atoms with Gasteiger partial charge in [-0.2, -0.15) is 0 Å². The van der Waals surface area contributed by atoms with Crippen molar-refractivity contribution in [2.24, 2.45) is 5.41 Å². The molecule has 0 aromatic heterocycles. The van der Waals surface area contributed by atoms with Gasteiger partial charge < -0.3 is 10.2 Å². The van der Waals surface area contributed by atoms with E-state index in [9.17, 15) is 0 Å². The summed E-state index contributed by atoms with van der Waals surface area (Å²) in [5, 5.41) is 4.46. The highest BCUT2D eigenvalue weighted by atomic mass is 35.5. The number of benzene rings is 1. The number of hydrogen-bond acceptors (Lipinski definition) is 2. The first-order chi connectivity index (χ1) is 8.20. The van der Waals surface area contributed by atoms with E-state index in [4.69, 9.17) is 11.6 Å². The standard InChI is InChI=1S/C14H19ClN2/c1-11-8-16-9-14(6-7-14)10-17(11)13-5-3-2-4-12(13)15/h2-5,11,16H,6-10H2,1H3. The first kappa shape index (κ1) is 11.4. The molecule has 1 atom stereocenters.